The Bertz CT molecular complexity index is 562. The summed E-state index contributed by atoms with van der Waals surface area (Å²) in [6.45, 7) is 1.59. The van der Waals surface area contributed by atoms with Crippen molar-refractivity contribution in [3.05, 3.63) is 26.7 Å². The normalized spacial score (nSPS) is 21.1. The lowest BCUT2D eigenvalue weighted by molar-refractivity contribution is 0.0624. The summed E-state index contributed by atoms with van der Waals surface area (Å²) in [5, 5.41) is 5.22. The number of benzene rings is 1. The molecule has 2 heterocycles. The van der Waals surface area contributed by atoms with E-state index in [1.807, 2.05) is 12.1 Å². The number of rotatable bonds is 1. The molecule has 1 aromatic rings. The van der Waals surface area contributed by atoms with Crippen molar-refractivity contribution in [1.29, 1.82) is 0 Å². The van der Waals surface area contributed by atoms with Gasteiger partial charge in [0.2, 0.25) is 0 Å². The van der Waals surface area contributed by atoms with Crippen LogP contribution in [0.25, 0.3) is 0 Å². The van der Waals surface area contributed by atoms with Gasteiger partial charge in [0, 0.05) is 23.4 Å². The van der Waals surface area contributed by atoms with E-state index in [-0.39, 0.29) is 5.54 Å². The van der Waals surface area contributed by atoms with E-state index >= 15 is 0 Å². The lowest BCUT2D eigenvalue weighted by atomic mass is 9.93. The van der Waals surface area contributed by atoms with E-state index in [0.717, 1.165) is 47.1 Å². The molecule has 1 saturated heterocycles. The molecule has 0 unspecified atom stereocenters. The standard InChI is InChI=1S/C13H13BrCl2N2OS/c14-8-1-2-9(11(16)10(8)15)17-12-18-13(7-20-12)3-5-19-6-4-13/h1-2H,3-7H2,(H,17,18). The van der Waals surface area contributed by atoms with Crippen LogP contribution in [0.5, 0.6) is 0 Å². The number of hydrogen-bond acceptors (Lipinski definition) is 4. The summed E-state index contributed by atoms with van der Waals surface area (Å²) < 4.78 is 6.20. The van der Waals surface area contributed by atoms with E-state index in [0.29, 0.717) is 10.0 Å². The third-order valence-corrected chi connectivity index (χ3v) is 6.44. The molecule has 0 radical (unpaired) electrons. The lowest BCUT2D eigenvalue weighted by Crippen LogP contribution is -2.34. The quantitative estimate of drug-likeness (QED) is 0.692. The molecule has 0 amide bonds. The Balaban J connectivity index is 1.79. The maximum absolute atomic E-state index is 6.25. The third kappa shape index (κ3) is 2.97. The summed E-state index contributed by atoms with van der Waals surface area (Å²) in [6.07, 6.45) is 1.97. The van der Waals surface area contributed by atoms with Crippen LogP contribution in [-0.2, 0) is 4.74 Å². The summed E-state index contributed by atoms with van der Waals surface area (Å²) >= 11 is 17.5. The van der Waals surface area contributed by atoms with E-state index in [4.69, 9.17) is 32.9 Å². The van der Waals surface area contributed by atoms with E-state index in [1.54, 1.807) is 11.8 Å². The number of aliphatic imine (C=N–C) groups is 1. The van der Waals surface area contributed by atoms with Crippen LogP contribution in [0.2, 0.25) is 10.0 Å². The summed E-state index contributed by atoms with van der Waals surface area (Å²) in [5.41, 5.74) is 0.826. The van der Waals surface area contributed by atoms with E-state index in [2.05, 4.69) is 21.2 Å². The molecule has 0 atom stereocenters. The van der Waals surface area contributed by atoms with Crippen LogP contribution >= 0.6 is 50.9 Å². The minimum atomic E-state index is 0.0386. The molecule has 2 aliphatic heterocycles. The summed E-state index contributed by atoms with van der Waals surface area (Å²) in [6, 6.07) is 3.78. The molecule has 7 heteroatoms. The first-order valence-electron chi connectivity index (χ1n) is 6.31. The lowest BCUT2D eigenvalue weighted by Gasteiger charge is -2.29. The topological polar surface area (TPSA) is 33.6 Å². The molecule has 0 aromatic heterocycles. The molecule has 3 nitrogen and oxygen atoms in total. The van der Waals surface area contributed by atoms with Crippen LogP contribution in [0.4, 0.5) is 5.69 Å². The first-order chi connectivity index (χ1) is 9.60. The second-order valence-electron chi connectivity index (χ2n) is 4.89. The van der Waals surface area contributed by atoms with E-state index in [1.165, 1.54) is 0 Å². The van der Waals surface area contributed by atoms with Crippen LogP contribution in [0.3, 0.4) is 0 Å². The third-order valence-electron chi connectivity index (χ3n) is 3.52. The van der Waals surface area contributed by atoms with Gasteiger partial charge >= 0.3 is 0 Å². The molecule has 0 aliphatic carbocycles. The van der Waals surface area contributed by atoms with Crippen molar-refractivity contribution in [3.63, 3.8) is 0 Å². The van der Waals surface area contributed by atoms with Gasteiger partial charge in [0.15, 0.2) is 5.17 Å². The molecule has 0 saturated carbocycles. The van der Waals surface area contributed by atoms with Crippen LogP contribution in [-0.4, -0.2) is 29.7 Å². The Morgan fingerprint density at radius 2 is 2.00 bits per heavy atom. The van der Waals surface area contributed by atoms with Gasteiger partial charge in [-0.2, -0.15) is 0 Å². The number of ether oxygens (including phenoxy) is 1. The zero-order valence-electron chi connectivity index (χ0n) is 10.6. The maximum Gasteiger partial charge on any atom is 0.161 e. The van der Waals surface area contributed by atoms with E-state index < -0.39 is 0 Å². The van der Waals surface area contributed by atoms with Crippen LogP contribution < -0.4 is 5.32 Å². The van der Waals surface area contributed by atoms with Gasteiger partial charge in [-0.3, -0.25) is 4.99 Å². The fourth-order valence-electron chi connectivity index (χ4n) is 2.29. The second kappa shape index (κ2) is 6.05. The van der Waals surface area contributed by atoms with Crippen LogP contribution in [0, 0.1) is 0 Å². The predicted molar refractivity (Wildman–Crippen MR) is 90.5 cm³/mol. The summed E-state index contributed by atoms with van der Waals surface area (Å²) in [4.78, 5) is 4.84. The molecule has 3 rings (SSSR count). The Morgan fingerprint density at radius 1 is 1.25 bits per heavy atom. The van der Waals surface area contributed by atoms with Crippen molar-refractivity contribution in [3.8, 4) is 0 Å². The van der Waals surface area contributed by atoms with Gasteiger partial charge in [-0.15, -0.1) is 0 Å². The predicted octanol–water partition coefficient (Wildman–Crippen LogP) is 4.82. The van der Waals surface area contributed by atoms with Crippen molar-refractivity contribution in [1.82, 2.24) is 0 Å². The number of anilines is 1. The smallest absolute Gasteiger partial charge is 0.161 e. The van der Waals surface area contributed by atoms with Crippen LogP contribution in [0.1, 0.15) is 12.8 Å². The SMILES string of the molecule is Clc1c(Br)ccc(NC2=NC3(CCOCC3)CS2)c1Cl. The molecule has 1 N–H and O–H groups in total. The highest BCUT2D eigenvalue weighted by atomic mass is 79.9. The van der Waals surface area contributed by atoms with Crippen molar-refractivity contribution in [2.75, 3.05) is 24.3 Å². The highest BCUT2D eigenvalue weighted by molar-refractivity contribution is 9.10. The van der Waals surface area contributed by atoms with Gasteiger partial charge in [-0.05, 0) is 40.9 Å². The number of nitrogens with one attached hydrogen (secondary N) is 1. The average Bonchev–Trinajstić information content (AvgIpc) is 2.83. The molecule has 0 bridgehead atoms. The molecule has 1 aromatic carbocycles. The van der Waals surface area contributed by atoms with Crippen molar-refractivity contribution in [2.24, 2.45) is 4.99 Å². The Labute approximate surface area is 140 Å². The number of nitrogens with zero attached hydrogens (tertiary/aromatic N) is 1. The van der Waals surface area contributed by atoms with Gasteiger partial charge < -0.3 is 10.1 Å². The zero-order chi connectivity index (χ0) is 14.2. The summed E-state index contributed by atoms with van der Waals surface area (Å²) in [7, 11) is 0. The first-order valence-corrected chi connectivity index (χ1v) is 8.84. The van der Waals surface area contributed by atoms with Gasteiger partial charge in [-0.1, -0.05) is 35.0 Å². The maximum atomic E-state index is 6.25. The number of hydrogen-bond donors (Lipinski definition) is 1. The largest absolute Gasteiger partial charge is 0.381 e. The zero-order valence-corrected chi connectivity index (χ0v) is 14.5. The van der Waals surface area contributed by atoms with Gasteiger partial charge in [0.05, 0.1) is 21.3 Å². The Morgan fingerprint density at radius 3 is 2.75 bits per heavy atom. The second-order valence-corrected chi connectivity index (χ2v) is 7.46. The number of thioether (sulfide) groups is 1. The Kier molecular flexibility index (Phi) is 4.53. The van der Waals surface area contributed by atoms with Gasteiger partial charge in [-0.25, -0.2) is 0 Å². The minimum absolute atomic E-state index is 0.0386. The monoisotopic (exact) mass is 394 g/mol. The molecule has 1 fully saturated rings. The number of amidine groups is 1. The van der Waals surface area contributed by atoms with Gasteiger partial charge in [0.25, 0.3) is 0 Å². The van der Waals surface area contributed by atoms with Crippen molar-refractivity contribution in [2.45, 2.75) is 18.4 Å². The molecular weight excluding hydrogens is 383 g/mol. The Hall–Kier alpha value is 0.0600. The first kappa shape index (κ1) is 15.0. The minimum Gasteiger partial charge on any atom is -0.381 e. The summed E-state index contributed by atoms with van der Waals surface area (Å²) in [5.74, 6) is 1.00. The number of halogens is 3. The van der Waals surface area contributed by atoms with E-state index in [9.17, 15) is 0 Å². The highest BCUT2D eigenvalue weighted by Crippen LogP contribution is 2.39. The fraction of sp³-hybridized carbons (Fsp3) is 0.462. The van der Waals surface area contributed by atoms with Crippen molar-refractivity contribution >= 4 is 61.7 Å². The molecule has 20 heavy (non-hydrogen) atoms. The molecule has 2 aliphatic rings. The van der Waals surface area contributed by atoms with Crippen LogP contribution in [0.15, 0.2) is 21.6 Å². The van der Waals surface area contributed by atoms with Gasteiger partial charge in [0.1, 0.15) is 0 Å². The highest BCUT2D eigenvalue weighted by Gasteiger charge is 2.37. The average molecular weight is 396 g/mol. The van der Waals surface area contributed by atoms with Crippen molar-refractivity contribution < 1.29 is 4.74 Å². The molecular formula is C13H13BrCl2N2OS. The molecule has 1 spiro atoms. The fourth-order valence-corrected chi connectivity index (χ4v) is 4.31. The molecule has 108 valence electrons.